The third kappa shape index (κ3) is 6.32. The fourth-order valence-corrected chi connectivity index (χ4v) is 6.08. The molecular weight excluding hydrogens is 432 g/mol. The van der Waals surface area contributed by atoms with Crippen LogP contribution >= 0.6 is 22.9 Å². The van der Waals surface area contributed by atoms with Gasteiger partial charge in [-0.3, -0.25) is 0 Å². The Hall–Kier alpha value is -1.40. The molecule has 1 aromatic heterocycles. The van der Waals surface area contributed by atoms with E-state index in [0.717, 1.165) is 60.9 Å². The molecule has 0 amide bonds. The van der Waals surface area contributed by atoms with Crippen LogP contribution in [-0.4, -0.2) is 32.8 Å². The minimum atomic E-state index is -0.880. The van der Waals surface area contributed by atoms with Crippen molar-refractivity contribution in [1.82, 2.24) is 0 Å². The largest absolute Gasteiger partial charge is 0.477 e. The fourth-order valence-electron chi connectivity index (χ4n) is 4.73. The van der Waals surface area contributed by atoms with Gasteiger partial charge in [0, 0.05) is 16.2 Å². The summed E-state index contributed by atoms with van der Waals surface area (Å²) in [5, 5.41) is 30.1. The fraction of sp³-hybridized carbons (Fsp3) is 0.560. The molecule has 0 saturated heterocycles. The van der Waals surface area contributed by atoms with Crippen LogP contribution in [0.5, 0.6) is 0 Å². The van der Waals surface area contributed by atoms with Gasteiger partial charge in [-0.15, -0.1) is 22.9 Å². The lowest BCUT2D eigenvalue weighted by atomic mass is 9.84. The zero-order valence-corrected chi connectivity index (χ0v) is 19.6. The van der Waals surface area contributed by atoms with Crippen LogP contribution in [0.25, 0.3) is 0 Å². The van der Waals surface area contributed by atoms with E-state index in [1.807, 2.05) is 30.3 Å². The number of aromatic carboxylic acids is 1. The van der Waals surface area contributed by atoms with E-state index in [0.29, 0.717) is 11.3 Å². The van der Waals surface area contributed by atoms with Gasteiger partial charge in [-0.25, -0.2) is 4.79 Å². The maximum atomic E-state index is 11.1. The highest BCUT2D eigenvalue weighted by molar-refractivity contribution is 7.13. The molecule has 5 atom stereocenters. The predicted molar refractivity (Wildman–Crippen MR) is 126 cm³/mol. The molecule has 1 aromatic carbocycles. The third-order valence-electron chi connectivity index (χ3n) is 6.43. The summed E-state index contributed by atoms with van der Waals surface area (Å²) in [5.74, 6) is -0.711. The number of carboxylic acid groups (broad SMARTS) is 1. The minimum absolute atomic E-state index is 0.00768. The average Bonchev–Trinajstić information content (AvgIpc) is 3.33. The van der Waals surface area contributed by atoms with Crippen LogP contribution in [-0.2, 0) is 6.42 Å². The number of hydrogen-bond donors (Lipinski definition) is 3. The smallest absolute Gasteiger partial charge is 0.345 e. The van der Waals surface area contributed by atoms with E-state index < -0.39 is 18.2 Å². The zero-order chi connectivity index (χ0) is 22.4. The van der Waals surface area contributed by atoms with Crippen molar-refractivity contribution in [3.63, 3.8) is 0 Å². The topological polar surface area (TPSA) is 77.8 Å². The Balaban J connectivity index is 1.61. The van der Waals surface area contributed by atoms with Crippen molar-refractivity contribution in [3.8, 4) is 0 Å². The lowest BCUT2D eigenvalue weighted by Crippen LogP contribution is -2.19. The summed E-state index contributed by atoms with van der Waals surface area (Å²) in [7, 11) is 0. The Labute approximate surface area is 193 Å². The molecule has 3 N–H and O–H groups in total. The number of alkyl halides is 1. The summed E-state index contributed by atoms with van der Waals surface area (Å²) in [6.07, 6.45) is 6.37. The normalized spacial score (nSPS) is 24.4. The van der Waals surface area contributed by atoms with Crippen molar-refractivity contribution in [2.45, 2.75) is 81.8 Å². The maximum Gasteiger partial charge on any atom is 0.345 e. The van der Waals surface area contributed by atoms with Gasteiger partial charge in [0.2, 0.25) is 0 Å². The molecule has 170 valence electrons. The van der Waals surface area contributed by atoms with Gasteiger partial charge in [0.1, 0.15) is 4.88 Å². The molecule has 1 aliphatic carbocycles. The van der Waals surface area contributed by atoms with Crippen molar-refractivity contribution in [2.24, 2.45) is 5.92 Å². The summed E-state index contributed by atoms with van der Waals surface area (Å²) in [5.41, 5.74) is 2.01. The van der Waals surface area contributed by atoms with Gasteiger partial charge in [0.15, 0.2) is 0 Å². The second-order valence-electron chi connectivity index (χ2n) is 8.65. The van der Waals surface area contributed by atoms with Gasteiger partial charge in [0.05, 0.1) is 12.2 Å². The first-order chi connectivity index (χ1) is 14.9. The Morgan fingerprint density at radius 3 is 2.55 bits per heavy atom. The molecule has 1 unspecified atom stereocenters. The van der Waals surface area contributed by atoms with Crippen LogP contribution in [0.1, 0.15) is 89.6 Å². The van der Waals surface area contributed by atoms with Gasteiger partial charge in [0.25, 0.3) is 0 Å². The number of carboxylic acids is 1. The molecule has 31 heavy (non-hydrogen) atoms. The number of rotatable bonds is 11. The Morgan fingerprint density at radius 2 is 1.90 bits per heavy atom. The number of aliphatic hydroxyl groups is 2. The number of halogens is 1. The van der Waals surface area contributed by atoms with Crippen molar-refractivity contribution in [2.75, 3.05) is 0 Å². The van der Waals surface area contributed by atoms with Crippen LogP contribution in [0.3, 0.4) is 0 Å². The molecule has 1 fully saturated rings. The number of thiophene rings is 1. The van der Waals surface area contributed by atoms with Crippen LogP contribution in [0.15, 0.2) is 36.4 Å². The number of aryl methyl sites for hydroxylation is 1. The summed E-state index contributed by atoms with van der Waals surface area (Å²) in [4.78, 5) is 12.5. The highest BCUT2D eigenvalue weighted by atomic mass is 35.5. The van der Waals surface area contributed by atoms with E-state index >= 15 is 0 Å². The second-order valence-corrected chi connectivity index (χ2v) is 10.4. The van der Waals surface area contributed by atoms with Crippen LogP contribution in [0, 0.1) is 5.92 Å². The van der Waals surface area contributed by atoms with Crippen molar-refractivity contribution in [1.29, 1.82) is 0 Å². The van der Waals surface area contributed by atoms with Gasteiger partial charge in [-0.05, 0) is 61.3 Å². The van der Waals surface area contributed by atoms with E-state index in [1.165, 1.54) is 11.3 Å². The molecule has 0 aliphatic heterocycles. The standard InChI is InChI=1S/C25H33ClO4S/c1-2-3-4-8-21(27)16-9-11-17(12-10-16)24-19(20(26)15-22(24)28)7-5-6-18-13-14-23(31-18)25(29)30/h9-14,19-22,24,27-28H,2-8,15H2,1H3,(H,29,30)/t19?,20-,21-,22-,24-/m1/s1. The van der Waals surface area contributed by atoms with E-state index in [9.17, 15) is 15.0 Å². The first-order valence-corrected chi connectivity index (χ1v) is 12.6. The van der Waals surface area contributed by atoms with Gasteiger partial charge in [-0.1, -0.05) is 50.5 Å². The SMILES string of the molecule is CCCCC[C@@H](O)c1ccc([C@@H]2C(CCCc3ccc(C(=O)O)s3)[C@H](Cl)C[C@H]2O)cc1. The van der Waals surface area contributed by atoms with Crippen LogP contribution in [0.4, 0.5) is 0 Å². The lowest BCUT2D eigenvalue weighted by molar-refractivity contribution is 0.0702. The zero-order valence-electron chi connectivity index (χ0n) is 18.0. The Bertz CT molecular complexity index is 834. The summed E-state index contributed by atoms with van der Waals surface area (Å²) in [6.45, 7) is 2.16. The number of unbranched alkanes of at least 4 members (excludes halogenated alkanes) is 2. The van der Waals surface area contributed by atoms with E-state index in [-0.39, 0.29) is 17.2 Å². The third-order valence-corrected chi connectivity index (χ3v) is 8.06. The molecule has 1 aliphatic rings. The van der Waals surface area contributed by atoms with Gasteiger partial charge in [-0.2, -0.15) is 0 Å². The number of benzene rings is 1. The van der Waals surface area contributed by atoms with Crippen molar-refractivity contribution in [3.05, 3.63) is 57.3 Å². The molecular formula is C25H33ClO4S. The molecule has 2 aromatic rings. The highest BCUT2D eigenvalue weighted by Gasteiger charge is 2.41. The van der Waals surface area contributed by atoms with Gasteiger partial charge < -0.3 is 15.3 Å². The molecule has 0 spiro atoms. The first kappa shape index (κ1) is 24.2. The molecule has 3 rings (SSSR count). The van der Waals surface area contributed by atoms with E-state index in [2.05, 4.69) is 6.92 Å². The maximum absolute atomic E-state index is 11.1. The highest BCUT2D eigenvalue weighted by Crippen LogP contribution is 2.45. The summed E-state index contributed by atoms with van der Waals surface area (Å²) in [6, 6.07) is 11.6. The van der Waals surface area contributed by atoms with Crippen LogP contribution in [0.2, 0.25) is 0 Å². The number of carbonyl (C=O) groups is 1. The van der Waals surface area contributed by atoms with Gasteiger partial charge >= 0.3 is 5.97 Å². The quantitative estimate of drug-likeness (QED) is 0.275. The minimum Gasteiger partial charge on any atom is -0.477 e. The molecule has 6 heteroatoms. The number of hydrogen-bond acceptors (Lipinski definition) is 4. The number of aliphatic hydroxyl groups excluding tert-OH is 2. The molecule has 4 nitrogen and oxygen atoms in total. The lowest BCUT2D eigenvalue weighted by Gasteiger charge is -2.24. The summed E-state index contributed by atoms with van der Waals surface area (Å²) >= 11 is 7.95. The van der Waals surface area contributed by atoms with E-state index in [4.69, 9.17) is 16.7 Å². The molecule has 0 bridgehead atoms. The monoisotopic (exact) mass is 464 g/mol. The van der Waals surface area contributed by atoms with Crippen molar-refractivity contribution >= 4 is 28.9 Å². The Morgan fingerprint density at radius 1 is 1.16 bits per heavy atom. The molecule has 1 saturated carbocycles. The molecule has 1 heterocycles. The average molecular weight is 465 g/mol. The first-order valence-electron chi connectivity index (χ1n) is 11.3. The molecule has 0 radical (unpaired) electrons. The van der Waals surface area contributed by atoms with Crippen molar-refractivity contribution < 1.29 is 20.1 Å². The predicted octanol–water partition coefficient (Wildman–Crippen LogP) is 6.15. The van der Waals surface area contributed by atoms with E-state index in [1.54, 1.807) is 6.07 Å². The van der Waals surface area contributed by atoms with Crippen LogP contribution < -0.4 is 0 Å². The second kappa shape index (κ2) is 11.5. The Kier molecular flexibility index (Phi) is 8.96. The summed E-state index contributed by atoms with van der Waals surface area (Å²) < 4.78 is 0.